The molecule has 0 radical (unpaired) electrons. The molecule has 28 heavy (non-hydrogen) atoms. The predicted molar refractivity (Wildman–Crippen MR) is 109 cm³/mol. The maximum absolute atomic E-state index is 13.2. The summed E-state index contributed by atoms with van der Waals surface area (Å²) >= 11 is 5.72. The van der Waals surface area contributed by atoms with Gasteiger partial charge in [0.15, 0.2) is 0 Å². The lowest BCUT2D eigenvalue weighted by Gasteiger charge is -2.10. The Kier molecular flexibility index (Phi) is 6.45. The van der Waals surface area contributed by atoms with E-state index in [1.807, 2.05) is 24.3 Å². The minimum absolute atomic E-state index is 0.0504. The maximum Gasteiger partial charge on any atom is 0.257 e. The first kappa shape index (κ1) is 19.6. The average molecular weight is 400 g/mol. The van der Waals surface area contributed by atoms with E-state index in [4.69, 9.17) is 16.3 Å². The van der Waals surface area contributed by atoms with Crippen molar-refractivity contribution in [2.45, 2.75) is 6.42 Å². The fourth-order valence-electron chi connectivity index (χ4n) is 2.64. The highest BCUT2D eigenvalue weighted by atomic mass is 35.5. The van der Waals surface area contributed by atoms with Crippen LogP contribution < -0.4 is 15.4 Å². The second kappa shape index (κ2) is 9.19. The van der Waals surface area contributed by atoms with Gasteiger partial charge in [-0.05, 0) is 48.4 Å². The molecule has 5 nitrogen and oxygen atoms in total. The summed E-state index contributed by atoms with van der Waals surface area (Å²) in [5.41, 5.74) is 1.90. The Morgan fingerprint density at radius 2 is 2.00 bits per heavy atom. The molecule has 1 aromatic heterocycles. The molecule has 0 spiro atoms. The molecule has 0 aliphatic rings. The maximum atomic E-state index is 13.2. The molecule has 0 unspecified atom stereocenters. The molecule has 7 heteroatoms. The van der Waals surface area contributed by atoms with Crippen LogP contribution in [0.3, 0.4) is 0 Å². The van der Waals surface area contributed by atoms with Crippen LogP contribution in [0.15, 0.2) is 60.8 Å². The standard InChI is InChI=1S/C21H19ClFN3O2/c1-28-19-5-3-2-4-14(19)10-11-24-20-9-6-15(13-25-20)21(27)26-16-7-8-18(23)17(22)12-16/h2-9,12-13H,10-11H2,1H3,(H,24,25)(H,26,27). The van der Waals surface area contributed by atoms with Gasteiger partial charge in [0.1, 0.15) is 17.4 Å². The monoisotopic (exact) mass is 399 g/mol. The van der Waals surface area contributed by atoms with Crippen LogP contribution in [-0.2, 0) is 6.42 Å². The summed E-state index contributed by atoms with van der Waals surface area (Å²) in [5.74, 6) is 0.627. The molecule has 3 rings (SSSR count). The summed E-state index contributed by atoms with van der Waals surface area (Å²) in [4.78, 5) is 16.5. The number of amides is 1. The number of halogens is 2. The Morgan fingerprint density at radius 1 is 1.18 bits per heavy atom. The number of ether oxygens (including phenoxy) is 1. The minimum Gasteiger partial charge on any atom is -0.496 e. The topological polar surface area (TPSA) is 63.2 Å². The van der Waals surface area contributed by atoms with Crippen LogP contribution in [0.1, 0.15) is 15.9 Å². The normalized spacial score (nSPS) is 10.4. The number of carbonyl (C=O) groups excluding carboxylic acids is 1. The Balaban J connectivity index is 1.55. The van der Waals surface area contributed by atoms with Crippen molar-refractivity contribution in [3.63, 3.8) is 0 Å². The quantitative estimate of drug-likeness (QED) is 0.599. The zero-order valence-corrected chi connectivity index (χ0v) is 16.0. The van der Waals surface area contributed by atoms with E-state index in [9.17, 15) is 9.18 Å². The van der Waals surface area contributed by atoms with Gasteiger partial charge in [-0.3, -0.25) is 4.79 Å². The number of pyridine rings is 1. The second-order valence-electron chi connectivity index (χ2n) is 6.00. The Morgan fingerprint density at radius 3 is 2.71 bits per heavy atom. The first-order chi connectivity index (χ1) is 13.6. The highest BCUT2D eigenvalue weighted by Gasteiger charge is 2.09. The highest BCUT2D eigenvalue weighted by Crippen LogP contribution is 2.20. The van der Waals surface area contributed by atoms with Crippen LogP contribution in [-0.4, -0.2) is 24.5 Å². The fraction of sp³-hybridized carbons (Fsp3) is 0.143. The molecule has 0 saturated heterocycles. The van der Waals surface area contributed by atoms with Gasteiger partial charge >= 0.3 is 0 Å². The van der Waals surface area contributed by atoms with E-state index in [0.29, 0.717) is 23.6 Å². The molecule has 0 fully saturated rings. The average Bonchev–Trinajstić information content (AvgIpc) is 2.71. The number of hydrogen-bond acceptors (Lipinski definition) is 4. The van der Waals surface area contributed by atoms with Gasteiger partial charge in [0.05, 0.1) is 17.7 Å². The smallest absolute Gasteiger partial charge is 0.257 e. The van der Waals surface area contributed by atoms with Crippen molar-refractivity contribution in [3.05, 3.63) is 82.8 Å². The number of benzene rings is 2. The van der Waals surface area contributed by atoms with Gasteiger partial charge in [-0.15, -0.1) is 0 Å². The fourth-order valence-corrected chi connectivity index (χ4v) is 2.83. The number of rotatable bonds is 7. The van der Waals surface area contributed by atoms with E-state index in [1.54, 1.807) is 19.2 Å². The third-order valence-corrected chi connectivity index (χ3v) is 4.39. The molecular formula is C21H19ClFN3O2. The van der Waals surface area contributed by atoms with Gasteiger partial charge in [0.2, 0.25) is 0 Å². The number of para-hydroxylation sites is 1. The third kappa shape index (κ3) is 4.98. The van der Waals surface area contributed by atoms with Crippen molar-refractivity contribution < 1.29 is 13.9 Å². The van der Waals surface area contributed by atoms with Crippen LogP contribution >= 0.6 is 11.6 Å². The molecule has 144 valence electrons. The van der Waals surface area contributed by atoms with Crippen LogP contribution in [0.5, 0.6) is 5.75 Å². The first-order valence-corrected chi connectivity index (χ1v) is 9.03. The number of methoxy groups -OCH3 is 1. The number of nitrogens with one attached hydrogen (secondary N) is 2. The van der Waals surface area contributed by atoms with Crippen molar-refractivity contribution in [3.8, 4) is 5.75 Å². The summed E-state index contributed by atoms with van der Waals surface area (Å²) in [7, 11) is 1.65. The van der Waals surface area contributed by atoms with E-state index in [1.165, 1.54) is 24.4 Å². The number of aromatic nitrogens is 1. The molecule has 0 saturated carbocycles. The van der Waals surface area contributed by atoms with E-state index in [-0.39, 0.29) is 10.9 Å². The number of hydrogen-bond donors (Lipinski definition) is 2. The number of anilines is 2. The SMILES string of the molecule is COc1ccccc1CCNc1ccc(C(=O)Nc2ccc(F)c(Cl)c2)cn1. The van der Waals surface area contributed by atoms with Crippen molar-refractivity contribution in [2.75, 3.05) is 24.3 Å². The molecule has 3 aromatic rings. The number of carbonyl (C=O) groups is 1. The van der Waals surface area contributed by atoms with E-state index in [2.05, 4.69) is 15.6 Å². The van der Waals surface area contributed by atoms with Crippen molar-refractivity contribution in [2.24, 2.45) is 0 Å². The summed E-state index contributed by atoms with van der Waals surface area (Å²) in [6, 6.07) is 15.2. The Hall–Kier alpha value is -3.12. The number of nitrogens with zero attached hydrogens (tertiary/aromatic N) is 1. The summed E-state index contributed by atoms with van der Waals surface area (Å²) < 4.78 is 18.5. The summed E-state index contributed by atoms with van der Waals surface area (Å²) in [5, 5.41) is 5.82. The summed E-state index contributed by atoms with van der Waals surface area (Å²) in [6.45, 7) is 0.674. The lowest BCUT2D eigenvalue weighted by atomic mass is 10.1. The molecule has 2 N–H and O–H groups in total. The van der Waals surface area contributed by atoms with Crippen LogP contribution in [0.4, 0.5) is 15.9 Å². The molecule has 2 aromatic carbocycles. The molecule has 0 atom stereocenters. The lowest BCUT2D eigenvalue weighted by molar-refractivity contribution is 0.102. The molecule has 0 aliphatic heterocycles. The van der Waals surface area contributed by atoms with Gasteiger partial charge in [-0.2, -0.15) is 0 Å². The highest BCUT2D eigenvalue weighted by molar-refractivity contribution is 6.31. The summed E-state index contributed by atoms with van der Waals surface area (Å²) in [6.07, 6.45) is 2.26. The van der Waals surface area contributed by atoms with Gasteiger partial charge in [-0.25, -0.2) is 9.37 Å². The van der Waals surface area contributed by atoms with E-state index >= 15 is 0 Å². The van der Waals surface area contributed by atoms with E-state index < -0.39 is 5.82 Å². The Bertz CT molecular complexity index is 964. The van der Waals surface area contributed by atoms with Gasteiger partial charge in [-0.1, -0.05) is 29.8 Å². The zero-order chi connectivity index (χ0) is 19.9. The largest absolute Gasteiger partial charge is 0.496 e. The van der Waals surface area contributed by atoms with Crippen LogP contribution in [0, 0.1) is 5.82 Å². The molecular weight excluding hydrogens is 381 g/mol. The first-order valence-electron chi connectivity index (χ1n) is 8.65. The molecule has 1 amide bonds. The molecule has 1 heterocycles. The zero-order valence-electron chi connectivity index (χ0n) is 15.2. The molecule has 0 bridgehead atoms. The van der Waals surface area contributed by atoms with Gasteiger partial charge < -0.3 is 15.4 Å². The van der Waals surface area contributed by atoms with Crippen LogP contribution in [0.2, 0.25) is 5.02 Å². The van der Waals surface area contributed by atoms with Crippen LogP contribution in [0.25, 0.3) is 0 Å². The minimum atomic E-state index is -0.537. The predicted octanol–water partition coefficient (Wildman–Crippen LogP) is 4.79. The van der Waals surface area contributed by atoms with Crippen molar-refractivity contribution >= 4 is 29.0 Å². The molecule has 0 aliphatic carbocycles. The van der Waals surface area contributed by atoms with Gasteiger partial charge in [0.25, 0.3) is 5.91 Å². The van der Waals surface area contributed by atoms with E-state index in [0.717, 1.165) is 17.7 Å². The Labute approximate surface area is 167 Å². The second-order valence-corrected chi connectivity index (χ2v) is 6.41. The van der Waals surface area contributed by atoms with Crippen molar-refractivity contribution in [1.82, 2.24) is 4.98 Å². The van der Waals surface area contributed by atoms with Gasteiger partial charge in [0, 0.05) is 18.4 Å². The lowest BCUT2D eigenvalue weighted by Crippen LogP contribution is -2.13. The third-order valence-electron chi connectivity index (χ3n) is 4.10. The van der Waals surface area contributed by atoms with Crippen molar-refractivity contribution in [1.29, 1.82) is 0 Å².